The van der Waals surface area contributed by atoms with Crippen molar-refractivity contribution in [3.8, 4) is 6.19 Å². The number of primary amides is 1. The van der Waals surface area contributed by atoms with Crippen LogP contribution >= 0.6 is 11.8 Å². The van der Waals surface area contributed by atoms with E-state index in [4.69, 9.17) is 16.7 Å². The molecule has 0 spiro atoms. The number of carbonyl (C=O) groups is 1. The summed E-state index contributed by atoms with van der Waals surface area (Å²) in [7, 11) is 1.75. The lowest BCUT2D eigenvalue weighted by molar-refractivity contribution is 0.0995. The summed E-state index contributed by atoms with van der Waals surface area (Å²) in [5, 5.41) is 8.37. The average molecular weight is 293 g/mol. The molecule has 1 amide bonds. The first kappa shape index (κ1) is 15.7. The Morgan fingerprint density at radius 2 is 2.30 bits per heavy atom. The number of carbonyl (C=O) groups excluding carboxylic acids is 1. The second kappa shape index (κ2) is 7.96. The summed E-state index contributed by atoms with van der Waals surface area (Å²) in [5.74, 6) is 0.964. The van der Waals surface area contributed by atoms with Gasteiger partial charge in [0, 0.05) is 31.3 Å². The van der Waals surface area contributed by atoms with Crippen molar-refractivity contribution in [3.05, 3.63) is 23.8 Å². The van der Waals surface area contributed by atoms with E-state index in [1.807, 2.05) is 0 Å². The van der Waals surface area contributed by atoms with Crippen molar-refractivity contribution in [1.82, 2.24) is 14.9 Å². The second-order valence-corrected chi connectivity index (χ2v) is 4.91. The van der Waals surface area contributed by atoms with E-state index in [0.29, 0.717) is 18.0 Å². The zero-order valence-electron chi connectivity index (χ0n) is 11.0. The van der Waals surface area contributed by atoms with Crippen LogP contribution in [0.2, 0.25) is 0 Å². The summed E-state index contributed by atoms with van der Waals surface area (Å²) >= 11 is 1.60. The lowest BCUT2D eigenvalue weighted by Crippen LogP contribution is -2.35. The van der Waals surface area contributed by atoms with E-state index in [1.54, 1.807) is 36.1 Å². The van der Waals surface area contributed by atoms with Crippen molar-refractivity contribution >= 4 is 23.6 Å². The Balaban J connectivity index is 2.38. The highest BCUT2D eigenvalue weighted by atomic mass is 32.2. The summed E-state index contributed by atoms with van der Waals surface area (Å²) in [5.41, 5.74) is 11.5. The van der Waals surface area contributed by atoms with Gasteiger partial charge in [-0.3, -0.25) is 9.78 Å². The fourth-order valence-corrected chi connectivity index (χ4v) is 2.12. The van der Waals surface area contributed by atoms with Gasteiger partial charge in [-0.05, 0) is 0 Å². The average Bonchev–Trinajstić information content (AvgIpc) is 2.44. The Morgan fingerprint density at radius 1 is 1.55 bits per heavy atom. The van der Waals surface area contributed by atoms with Gasteiger partial charge in [0.05, 0.1) is 11.9 Å². The minimum Gasteiger partial charge on any atom is -0.369 e. The highest BCUT2D eigenvalue weighted by Crippen LogP contribution is 2.09. The van der Waals surface area contributed by atoms with E-state index < -0.39 is 5.91 Å². The highest BCUT2D eigenvalue weighted by molar-refractivity contribution is 7.98. The molecule has 20 heavy (non-hydrogen) atoms. The van der Waals surface area contributed by atoms with E-state index in [1.165, 1.54) is 6.20 Å². The minimum absolute atomic E-state index is 0.158. The molecule has 0 fully saturated rings. The molecule has 1 rings (SSSR count). The Labute approximate surface area is 120 Å². The third-order valence-electron chi connectivity index (χ3n) is 2.31. The maximum Gasteiger partial charge on any atom is 0.268 e. The van der Waals surface area contributed by atoms with Gasteiger partial charge in [-0.15, -0.1) is 4.99 Å². The molecule has 9 heteroatoms. The molecule has 0 radical (unpaired) electrons. The molecule has 1 heterocycles. The van der Waals surface area contributed by atoms with Crippen molar-refractivity contribution in [1.29, 1.82) is 5.26 Å². The smallest absolute Gasteiger partial charge is 0.268 e. The number of amides is 1. The molecule has 4 N–H and O–H groups in total. The lowest BCUT2D eigenvalue weighted by atomic mass is 10.4. The Hall–Kier alpha value is -2.34. The molecule has 0 unspecified atom stereocenters. The van der Waals surface area contributed by atoms with Gasteiger partial charge in [-0.25, -0.2) is 4.98 Å². The van der Waals surface area contributed by atoms with Gasteiger partial charge in [0.1, 0.15) is 5.69 Å². The Morgan fingerprint density at radius 3 is 2.95 bits per heavy atom. The molecule has 0 aliphatic rings. The molecule has 106 valence electrons. The summed E-state index contributed by atoms with van der Waals surface area (Å²) in [6, 6.07) is 0. The first-order valence-electron chi connectivity index (χ1n) is 5.66. The van der Waals surface area contributed by atoms with E-state index >= 15 is 0 Å². The Bertz CT molecular complexity index is 540. The van der Waals surface area contributed by atoms with Crippen LogP contribution in [0.25, 0.3) is 0 Å². The van der Waals surface area contributed by atoms with Crippen LogP contribution < -0.4 is 11.5 Å². The highest BCUT2D eigenvalue weighted by Gasteiger charge is 2.05. The van der Waals surface area contributed by atoms with E-state index in [2.05, 4.69) is 15.0 Å². The molecule has 8 nitrogen and oxygen atoms in total. The molecule has 0 atom stereocenters. The normalized spacial score (nSPS) is 10.9. The van der Waals surface area contributed by atoms with Crippen LogP contribution in [0.3, 0.4) is 0 Å². The standard InChI is InChI=1S/C11H15N7OS/c1-18(11(14)16-7-12)2-3-20-6-8-4-15-5-9(17-8)10(13)19/h4-5H,2-3,6H2,1H3,(H2,13,19)(H2,14,16). The van der Waals surface area contributed by atoms with Crippen LogP contribution in [-0.2, 0) is 5.75 Å². The van der Waals surface area contributed by atoms with Gasteiger partial charge in [0.2, 0.25) is 12.2 Å². The topological polar surface area (TPSA) is 134 Å². The summed E-state index contributed by atoms with van der Waals surface area (Å²) in [4.78, 5) is 24.1. The molecular weight excluding hydrogens is 278 g/mol. The number of nitriles is 1. The predicted octanol–water partition coefficient (Wildman–Crippen LogP) is -0.464. The molecule has 0 bridgehead atoms. The van der Waals surface area contributed by atoms with Crippen molar-refractivity contribution in [2.75, 3.05) is 19.3 Å². The van der Waals surface area contributed by atoms with Gasteiger partial charge in [0.15, 0.2) is 0 Å². The largest absolute Gasteiger partial charge is 0.369 e. The number of nitrogens with two attached hydrogens (primary N) is 2. The number of nitrogens with zero attached hydrogens (tertiary/aromatic N) is 5. The summed E-state index contributed by atoms with van der Waals surface area (Å²) < 4.78 is 0. The van der Waals surface area contributed by atoms with E-state index in [9.17, 15) is 4.79 Å². The molecule has 1 aromatic rings. The fourth-order valence-electron chi connectivity index (χ4n) is 1.22. The van der Waals surface area contributed by atoms with Gasteiger partial charge >= 0.3 is 0 Å². The van der Waals surface area contributed by atoms with Gasteiger partial charge in [-0.1, -0.05) is 0 Å². The maximum atomic E-state index is 11.0. The van der Waals surface area contributed by atoms with Crippen LogP contribution in [0.4, 0.5) is 0 Å². The third-order valence-corrected chi connectivity index (χ3v) is 3.28. The number of guanidine groups is 1. The number of aliphatic imine (C=N–C) groups is 1. The number of aromatic nitrogens is 2. The zero-order chi connectivity index (χ0) is 15.0. The molecule has 0 aliphatic carbocycles. The lowest BCUT2D eigenvalue weighted by Gasteiger charge is -2.16. The van der Waals surface area contributed by atoms with E-state index in [0.717, 1.165) is 5.75 Å². The van der Waals surface area contributed by atoms with Gasteiger partial charge in [-0.2, -0.15) is 17.0 Å². The zero-order valence-corrected chi connectivity index (χ0v) is 11.8. The van der Waals surface area contributed by atoms with Crippen LogP contribution in [0.1, 0.15) is 16.2 Å². The number of thioether (sulfide) groups is 1. The quantitative estimate of drug-likeness (QED) is 0.313. The number of hydrogen-bond acceptors (Lipinski definition) is 6. The molecule has 0 saturated heterocycles. The van der Waals surface area contributed by atoms with Crippen LogP contribution in [-0.4, -0.2) is 46.1 Å². The predicted molar refractivity (Wildman–Crippen MR) is 76.6 cm³/mol. The number of hydrogen-bond donors (Lipinski definition) is 2. The number of rotatable bonds is 6. The van der Waals surface area contributed by atoms with Crippen LogP contribution in [0, 0.1) is 11.5 Å². The summed E-state index contributed by atoms with van der Waals surface area (Å²) in [6.07, 6.45) is 4.56. The van der Waals surface area contributed by atoms with Crippen LogP contribution in [0.15, 0.2) is 17.4 Å². The fraction of sp³-hybridized carbons (Fsp3) is 0.364. The first-order chi connectivity index (χ1) is 9.54. The van der Waals surface area contributed by atoms with Gasteiger partial charge in [0.25, 0.3) is 5.91 Å². The van der Waals surface area contributed by atoms with Crippen molar-refractivity contribution in [2.24, 2.45) is 16.5 Å². The molecule has 0 aromatic carbocycles. The molecular formula is C11H15N7OS. The molecule has 0 saturated carbocycles. The van der Waals surface area contributed by atoms with Crippen molar-refractivity contribution in [3.63, 3.8) is 0 Å². The monoisotopic (exact) mass is 293 g/mol. The summed E-state index contributed by atoms with van der Waals surface area (Å²) in [6.45, 7) is 0.643. The SMILES string of the molecule is CN(CCSCc1cncc(C(N)=O)n1)C(N)=NC#N. The second-order valence-electron chi connectivity index (χ2n) is 3.80. The van der Waals surface area contributed by atoms with Gasteiger partial charge < -0.3 is 16.4 Å². The minimum atomic E-state index is -0.593. The van der Waals surface area contributed by atoms with E-state index in [-0.39, 0.29) is 11.7 Å². The van der Waals surface area contributed by atoms with Crippen molar-refractivity contribution in [2.45, 2.75) is 5.75 Å². The van der Waals surface area contributed by atoms with Crippen LogP contribution in [0.5, 0.6) is 0 Å². The molecule has 0 aliphatic heterocycles. The Kier molecular flexibility index (Phi) is 6.25. The molecule has 1 aromatic heterocycles. The maximum absolute atomic E-state index is 11.0. The van der Waals surface area contributed by atoms with Crippen molar-refractivity contribution < 1.29 is 4.79 Å². The third kappa shape index (κ3) is 5.11. The first-order valence-corrected chi connectivity index (χ1v) is 6.82.